The lowest BCUT2D eigenvalue weighted by Gasteiger charge is -2.03. The first-order chi connectivity index (χ1) is 6.69. The summed E-state index contributed by atoms with van der Waals surface area (Å²) in [6.07, 6.45) is 0. The van der Waals surface area contributed by atoms with Crippen LogP contribution in [-0.2, 0) is 4.74 Å². The molecule has 76 valence electrons. The van der Waals surface area contributed by atoms with E-state index in [9.17, 15) is 8.78 Å². The van der Waals surface area contributed by atoms with Crippen LogP contribution in [0.25, 0.3) is 0 Å². The van der Waals surface area contributed by atoms with Gasteiger partial charge in [-0.3, -0.25) is 0 Å². The molecule has 1 aromatic rings. The number of oxime groups is 1. The van der Waals surface area contributed by atoms with Crippen LogP contribution in [0, 0.1) is 11.6 Å². The highest BCUT2D eigenvalue weighted by molar-refractivity contribution is 6.01. The van der Waals surface area contributed by atoms with Gasteiger partial charge in [0.15, 0.2) is 11.6 Å². The first-order valence-corrected chi connectivity index (χ1v) is 3.84. The molecule has 5 heteroatoms. The zero-order valence-corrected chi connectivity index (χ0v) is 7.50. The van der Waals surface area contributed by atoms with Crippen LogP contribution < -0.4 is 0 Å². The van der Waals surface area contributed by atoms with E-state index in [4.69, 9.17) is 9.94 Å². The highest BCUT2D eigenvalue weighted by atomic mass is 19.2. The van der Waals surface area contributed by atoms with E-state index < -0.39 is 11.6 Å². The molecule has 0 spiro atoms. The Morgan fingerprint density at radius 3 is 2.64 bits per heavy atom. The van der Waals surface area contributed by atoms with Gasteiger partial charge in [0.1, 0.15) is 5.71 Å². The second-order valence-corrected chi connectivity index (χ2v) is 2.61. The first-order valence-electron chi connectivity index (χ1n) is 3.84. The summed E-state index contributed by atoms with van der Waals surface area (Å²) in [6, 6.07) is 3.22. The minimum Gasteiger partial charge on any atom is -0.411 e. The number of ether oxygens (including phenoxy) is 1. The van der Waals surface area contributed by atoms with Gasteiger partial charge in [-0.25, -0.2) is 8.78 Å². The maximum atomic E-state index is 12.8. The number of hydrogen-bond acceptors (Lipinski definition) is 3. The summed E-state index contributed by atoms with van der Waals surface area (Å²) in [5, 5.41) is 11.5. The van der Waals surface area contributed by atoms with Gasteiger partial charge in [0.05, 0.1) is 6.61 Å². The third kappa shape index (κ3) is 2.26. The van der Waals surface area contributed by atoms with Crippen molar-refractivity contribution in [3.05, 3.63) is 35.4 Å². The summed E-state index contributed by atoms with van der Waals surface area (Å²) in [7, 11) is 1.41. The summed E-state index contributed by atoms with van der Waals surface area (Å²) in [5.41, 5.74) is 0.430. The summed E-state index contributed by atoms with van der Waals surface area (Å²) in [4.78, 5) is 0. The molecule has 14 heavy (non-hydrogen) atoms. The molecule has 1 aromatic carbocycles. The quantitative estimate of drug-likeness (QED) is 0.460. The van der Waals surface area contributed by atoms with Crippen molar-refractivity contribution in [1.29, 1.82) is 0 Å². The molecule has 1 N–H and O–H groups in total. The fourth-order valence-corrected chi connectivity index (χ4v) is 0.982. The number of methoxy groups -OCH3 is 1. The van der Waals surface area contributed by atoms with Crippen molar-refractivity contribution in [2.24, 2.45) is 5.16 Å². The third-order valence-electron chi connectivity index (χ3n) is 1.65. The van der Waals surface area contributed by atoms with Crippen LogP contribution in [0.4, 0.5) is 8.78 Å². The van der Waals surface area contributed by atoms with Gasteiger partial charge in [-0.15, -0.1) is 0 Å². The molecule has 0 saturated carbocycles. The van der Waals surface area contributed by atoms with Gasteiger partial charge in [-0.05, 0) is 18.2 Å². The Labute approximate surface area is 79.6 Å². The van der Waals surface area contributed by atoms with Crippen LogP contribution in [0.3, 0.4) is 0 Å². The van der Waals surface area contributed by atoms with E-state index in [-0.39, 0.29) is 17.9 Å². The van der Waals surface area contributed by atoms with E-state index in [0.29, 0.717) is 0 Å². The van der Waals surface area contributed by atoms with Gasteiger partial charge in [-0.2, -0.15) is 0 Å². The summed E-state index contributed by atoms with van der Waals surface area (Å²) >= 11 is 0. The van der Waals surface area contributed by atoms with Crippen LogP contribution in [-0.4, -0.2) is 24.6 Å². The van der Waals surface area contributed by atoms with Gasteiger partial charge >= 0.3 is 0 Å². The smallest absolute Gasteiger partial charge is 0.159 e. The number of rotatable bonds is 3. The number of halogens is 2. The SMILES string of the molecule is COC/C(=N\O)c1ccc(F)c(F)c1. The molecular weight excluding hydrogens is 192 g/mol. The number of nitrogens with zero attached hydrogens (tertiary/aromatic N) is 1. The van der Waals surface area contributed by atoms with Gasteiger partial charge < -0.3 is 9.94 Å². The second-order valence-electron chi connectivity index (χ2n) is 2.61. The minimum absolute atomic E-state index is 0.0293. The molecular formula is C9H9F2NO2. The number of benzene rings is 1. The molecule has 1 rings (SSSR count). The van der Waals surface area contributed by atoms with Crippen LogP contribution >= 0.6 is 0 Å². The average Bonchev–Trinajstić information content (AvgIpc) is 2.19. The Bertz CT molecular complexity index is 353. The van der Waals surface area contributed by atoms with E-state index in [1.807, 2.05) is 0 Å². The first kappa shape index (κ1) is 10.6. The molecule has 0 atom stereocenters. The fraction of sp³-hybridized carbons (Fsp3) is 0.222. The van der Waals surface area contributed by atoms with E-state index in [0.717, 1.165) is 12.1 Å². The zero-order chi connectivity index (χ0) is 10.6. The highest BCUT2D eigenvalue weighted by Gasteiger charge is 2.08. The summed E-state index contributed by atoms with van der Waals surface area (Å²) < 4.78 is 30.0. The molecule has 0 saturated heterocycles. The van der Waals surface area contributed by atoms with Gasteiger partial charge in [-0.1, -0.05) is 5.16 Å². The van der Waals surface area contributed by atoms with Gasteiger partial charge in [0, 0.05) is 12.7 Å². The molecule has 0 fully saturated rings. The Morgan fingerprint density at radius 2 is 2.14 bits per heavy atom. The van der Waals surface area contributed by atoms with Gasteiger partial charge in [0.2, 0.25) is 0 Å². The Hall–Kier alpha value is -1.49. The molecule has 0 bridgehead atoms. The topological polar surface area (TPSA) is 41.8 Å². The lowest BCUT2D eigenvalue weighted by molar-refractivity contribution is 0.238. The second kappa shape index (κ2) is 4.66. The van der Waals surface area contributed by atoms with Crippen LogP contribution in [0.2, 0.25) is 0 Å². The van der Waals surface area contributed by atoms with E-state index in [1.165, 1.54) is 13.2 Å². The monoisotopic (exact) mass is 201 g/mol. The molecule has 0 radical (unpaired) electrons. The molecule has 0 heterocycles. The van der Waals surface area contributed by atoms with Crippen molar-refractivity contribution in [3.8, 4) is 0 Å². The average molecular weight is 201 g/mol. The lowest BCUT2D eigenvalue weighted by Crippen LogP contribution is -2.09. The maximum Gasteiger partial charge on any atom is 0.159 e. The van der Waals surface area contributed by atoms with Crippen molar-refractivity contribution < 1.29 is 18.7 Å². The lowest BCUT2D eigenvalue weighted by atomic mass is 10.1. The Balaban J connectivity index is 3.00. The molecule has 0 aliphatic carbocycles. The normalized spacial score (nSPS) is 11.8. The minimum atomic E-state index is -0.986. The van der Waals surface area contributed by atoms with Crippen molar-refractivity contribution in [1.82, 2.24) is 0 Å². The van der Waals surface area contributed by atoms with E-state index in [1.54, 1.807) is 0 Å². The summed E-state index contributed by atoms with van der Waals surface area (Å²) in [5.74, 6) is -1.93. The fourth-order valence-electron chi connectivity index (χ4n) is 0.982. The van der Waals surface area contributed by atoms with Crippen molar-refractivity contribution in [2.75, 3.05) is 13.7 Å². The molecule has 0 aliphatic heterocycles. The van der Waals surface area contributed by atoms with Crippen molar-refractivity contribution in [2.45, 2.75) is 0 Å². The molecule has 0 unspecified atom stereocenters. The Morgan fingerprint density at radius 1 is 1.43 bits per heavy atom. The van der Waals surface area contributed by atoms with E-state index in [2.05, 4.69) is 5.16 Å². The largest absolute Gasteiger partial charge is 0.411 e. The number of hydrogen-bond donors (Lipinski definition) is 1. The van der Waals surface area contributed by atoms with Crippen molar-refractivity contribution in [3.63, 3.8) is 0 Å². The Kier molecular flexibility index (Phi) is 3.53. The third-order valence-corrected chi connectivity index (χ3v) is 1.65. The van der Waals surface area contributed by atoms with Crippen LogP contribution in [0.5, 0.6) is 0 Å². The van der Waals surface area contributed by atoms with Crippen LogP contribution in [0.1, 0.15) is 5.56 Å². The molecule has 3 nitrogen and oxygen atoms in total. The summed E-state index contributed by atoms with van der Waals surface area (Å²) in [6.45, 7) is 0.0293. The predicted octanol–water partition coefficient (Wildman–Crippen LogP) is 1.79. The maximum absolute atomic E-state index is 12.8. The van der Waals surface area contributed by atoms with Gasteiger partial charge in [0.25, 0.3) is 0 Å². The zero-order valence-electron chi connectivity index (χ0n) is 7.50. The molecule has 0 amide bonds. The van der Waals surface area contributed by atoms with Crippen molar-refractivity contribution >= 4 is 5.71 Å². The highest BCUT2D eigenvalue weighted by Crippen LogP contribution is 2.09. The van der Waals surface area contributed by atoms with Crippen LogP contribution in [0.15, 0.2) is 23.4 Å². The predicted molar refractivity (Wildman–Crippen MR) is 46.6 cm³/mol. The standard InChI is InChI=1S/C9H9F2NO2/c1-14-5-9(12-13)6-2-3-7(10)8(11)4-6/h2-4,13H,5H2,1H3/b12-9+. The van der Waals surface area contributed by atoms with E-state index >= 15 is 0 Å². The molecule has 0 aliphatic rings. The molecule has 0 aromatic heterocycles.